The van der Waals surface area contributed by atoms with Crippen molar-refractivity contribution in [3.05, 3.63) is 0 Å². The van der Waals surface area contributed by atoms with Crippen LogP contribution in [-0.2, 0) is 19.2 Å². The van der Waals surface area contributed by atoms with Crippen molar-refractivity contribution in [1.29, 1.82) is 0 Å². The number of aliphatic hydroxyl groups excluding tert-OH is 1. The quantitative estimate of drug-likeness (QED) is 0.765. The number of carbonyl (C=O) groups excluding carboxylic acids is 3. The third-order valence-corrected chi connectivity index (χ3v) is 3.97. The van der Waals surface area contributed by atoms with Gasteiger partial charge in [-0.3, -0.25) is 9.59 Å². The van der Waals surface area contributed by atoms with Crippen molar-refractivity contribution in [2.45, 2.75) is 51.6 Å². The Hall–Kier alpha value is -1.43. The lowest BCUT2D eigenvalue weighted by Crippen LogP contribution is -2.36. The second kappa shape index (κ2) is 5.69. The molecule has 0 spiro atoms. The fourth-order valence-corrected chi connectivity index (χ4v) is 2.66. The molecule has 1 unspecified atom stereocenters. The number of hydrogen-bond donors (Lipinski definition) is 1. The molecule has 1 saturated heterocycles. The van der Waals surface area contributed by atoms with Gasteiger partial charge >= 0.3 is 5.97 Å². The van der Waals surface area contributed by atoms with E-state index in [2.05, 4.69) is 0 Å². The highest BCUT2D eigenvalue weighted by Gasteiger charge is 2.36. The summed E-state index contributed by atoms with van der Waals surface area (Å²) < 4.78 is 0. The van der Waals surface area contributed by atoms with Crippen molar-refractivity contribution in [2.24, 2.45) is 11.8 Å². The van der Waals surface area contributed by atoms with Crippen LogP contribution in [0.2, 0.25) is 0 Å². The Morgan fingerprint density at radius 1 is 1.21 bits per heavy atom. The zero-order chi connectivity index (χ0) is 14.0. The summed E-state index contributed by atoms with van der Waals surface area (Å²) in [4.78, 5) is 39.5. The minimum atomic E-state index is -0.507. The molecule has 0 aromatic carbocycles. The first-order valence-corrected chi connectivity index (χ1v) is 6.74. The van der Waals surface area contributed by atoms with Gasteiger partial charge in [-0.25, -0.2) is 4.79 Å². The summed E-state index contributed by atoms with van der Waals surface area (Å²) in [5.74, 6) is -1.46. The molecule has 0 aromatic heterocycles. The van der Waals surface area contributed by atoms with Crippen LogP contribution in [0.4, 0.5) is 0 Å². The molecule has 1 aliphatic carbocycles. The van der Waals surface area contributed by atoms with E-state index in [1.54, 1.807) is 6.92 Å². The summed E-state index contributed by atoms with van der Waals surface area (Å²) in [5.41, 5.74) is 0. The van der Waals surface area contributed by atoms with Gasteiger partial charge in [0.05, 0.1) is 12.0 Å². The van der Waals surface area contributed by atoms with E-state index in [1.807, 2.05) is 0 Å². The summed E-state index contributed by atoms with van der Waals surface area (Å²) in [5, 5.41) is 10.1. The predicted octanol–water partition coefficient (Wildman–Crippen LogP) is 0.781. The monoisotopic (exact) mass is 269 g/mol. The van der Waals surface area contributed by atoms with E-state index < -0.39 is 17.8 Å². The fourth-order valence-electron chi connectivity index (χ4n) is 2.66. The van der Waals surface area contributed by atoms with Crippen molar-refractivity contribution in [2.75, 3.05) is 0 Å². The van der Waals surface area contributed by atoms with Crippen LogP contribution in [0, 0.1) is 11.8 Å². The molecule has 2 rings (SSSR count). The lowest BCUT2D eigenvalue weighted by atomic mass is 9.80. The van der Waals surface area contributed by atoms with E-state index in [0.29, 0.717) is 17.9 Å². The van der Waals surface area contributed by atoms with E-state index in [0.717, 1.165) is 12.8 Å². The normalized spacial score (nSPS) is 29.5. The minimum Gasteiger partial charge on any atom is -0.393 e. The molecule has 0 radical (unpaired) electrons. The number of nitrogens with zero attached hydrogens (tertiary/aromatic N) is 1. The highest BCUT2D eigenvalue weighted by atomic mass is 16.7. The van der Waals surface area contributed by atoms with Crippen molar-refractivity contribution in [3.8, 4) is 0 Å². The number of amides is 2. The van der Waals surface area contributed by atoms with E-state index in [4.69, 9.17) is 4.84 Å². The molecule has 1 N–H and O–H groups in total. The smallest absolute Gasteiger partial charge is 0.336 e. The van der Waals surface area contributed by atoms with Gasteiger partial charge in [0.15, 0.2) is 0 Å². The molecule has 2 aliphatic rings. The van der Waals surface area contributed by atoms with Crippen LogP contribution >= 0.6 is 0 Å². The van der Waals surface area contributed by atoms with Crippen LogP contribution in [0.3, 0.4) is 0 Å². The fraction of sp³-hybridized carbons (Fsp3) is 0.769. The average Bonchev–Trinajstić information content (AvgIpc) is 2.70. The van der Waals surface area contributed by atoms with Gasteiger partial charge in [0.1, 0.15) is 0 Å². The Balaban J connectivity index is 1.85. The highest BCUT2D eigenvalue weighted by Crippen LogP contribution is 2.32. The maximum atomic E-state index is 11.9. The third-order valence-electron chi connectivity index (χ3n) is 3.97. The maximum absolute atomic E-state index is 11.9. The van der Waals surface area contributed by atoms with Crippen molar-refractivity contribution in [1.82, 2.24) is 5.06 Å². The van der Waals surface area contributed by atoms with Gasteiger partial charge in [0.25, 0.3) is 11.8 Å². The number of hydrogen-bond acceptors (Lipinski definition) is 5. The molecular formula is C13H19NO5. The molecule has 1 aliphatic heterocycles. The maximum Gasteiger partial charge on any atom is 0.336 e. The van der Waals surface area contributed by atoms with Crippen LogP contribution in [0.25, 0.3) is 0 Å². The predicted molar refractivity (Wildman–Crippen MR) is 64.3 cm³/mol. The SMILES string of the molecule is CC(O)[C@H]1CC[C@@H](C(=O)ON2C(=O)CCC2=O)CC1. The van der Waals surface area contributed by atoms with Gasteiger partial charge in [0, 0.05) is 12.8 Å². The molecule has 0 aromatic rings. The van der Waals surface area contributed by atoms with Gasteiger partial charge in [-0.05, 0) is 38.5 Å². The van der Waals surface area contributed by atoms with Crippen LogP contribution in [0.15, 0.2) is 0 Å². The van der Waals surface area contributed by atoms with Crippen LogP contribution < -0.4 is 0 Å². The number of aliphatic hydroxyl groups is 1. The van der Waals surface area contributed by atoms with Gasteiger partial charge in [-0.1, -0.05) is 0 Å². The van der Waals surface area contributed by atoms with Crippen molar-refractivity contribution >= 4 is 17.8 Å². The van der Waals surface area contributed by atoms with E-state index >= 15 is 0 Å². The van der Waals surface area contributed by atoms with E-state index in [-0.39, 0.29) is 30.8 Å². The molecule has 6 heteroatoms. The van der Waals surface area contributed by atoms with E-state index in [1.165, 1.54) is 0 Å². The highest BCUT2D eigenvalue weighted by molar-refractivity contribution is 6.01. The Bertz CT molecular complexity index is 368. The molecule has 1 heterocycles. The molecule has 1 atom stereocenters. The first-order valence-electron chi connectivity index (χ1n) is 6.74. The molecule has 6 nitrogen and oxygen atoms in total. The Kier molecular flexibility index (Phi) is 4.19. The Labute approximate surface area is 111 Å². The molecule has 1 saturated carbocycles. The zero-order valence-electron chi connectivity index (χ0n) is 11.0. The first-order chi connectivity index (χ1) is 8.99. The van der Waals surface area contributed by atoms with Crippen LogP contribution in [0.5, 0.6) is 0 Å². The average molecular weight is 269 g/mol. The summed E-state index contributed by atoms with van der Waals surface area (Å²) in [6.45, 7) is 1.75. The number of imide groups is 1. The summed E-state index contributed by atoms with van der Waals surface area (Å²) in [6, 6.07) is 0. The van der Waals surface area contributed by atoms with E-state index in [9.17, 15) is 19.5 Å². The largest absolute Gasteiger partial charge is 0.393 e. The summed E-state index contributed by atoms with van der Waals surface area (Å²) >= 11 is 0. The topological polar surface area (TPSA) is 83.9 Å². The standard InChI is InChI=1S/C13H19NO5/c1-8(15)9-2-4-10(5-3-9)13(18)19-14-11(16)6-7-12(14)17/h8-10,15H,2-7H2,1H3/t8?,9-,10+. The lowest BCUT2D eigenvalue weighted by molar-refractivity contribution is -0.201. The van der Waals surface area contributed by atoms with Gasteiger partial charge < -0.3 is 9.94 Å². The number of hydroxylamine groups is 2. The molecule has 2 amide bonds. The third kappa shape index (κ3) is 3.12. The van der Waals surface area contributed by atoms with Gasteiger partial charge in [0.2, 0.25) is 0 Å². The summed E-state index contributed by atoms with van der Waals surface area (Å²) in [6.07, 6.45) is 2.65. The number of rotatable bonds is 3. The van der Waals surface area contributed by atoms with Gasteiger partial charge in [-0.2, -0.15) is 0 Å². The lowest BCUT2D eigenvalue weighted by Gasteiger charge is -2.29. The second-order valence-electron chi connectivity index (χ2n) is 5.34. The first kappa shape index (κ1) is 14.0. The van der Waals surface area contributed by atoms with Crippen molar-refractivity contribution < 1.29 is 24.3 Å². The Morgan fingerprint density at radius 3 is 2.21 bits per heavy atom. The molecule has 106 valence electrons. The van der Waals surface area contributed by atoms with Crippen LogP contribution in [0.1, 0.15) is 45.4 Å². The Morgan fingerprint density at radius 2 is 1.74 bits per heavy atom. The number of carbonyl (C=O) groups is 3. The zero-order valence-corrected chi connectivity index (χ0v) is 11.0. The molecular weight excluding hydrogens is 250 g/mol. The van der Waals surface area contributed by atoms with Crippen molar-refractivity contribution in [3.63, 3.8) is 0 Å². The second-order valence-corrected chi connectivity index (χ2v) is 5.34. The molecule has 2 fully saturated rings. The van der Waals surface area contributed by atoms with Crippen LogP contribution in [-0.4, -0.2) is 34.1 Å². The minimum absolute atomic E-state index is 0.112. The summed E-state index contributed by atoms with van der Waals surface area (Å²) in [7, 11) is 0. The molecule has 19 heavy (non-hydrogen) atoms. The van der Waals surface area contributed by atoms with Gasteiger partial charge in [-0.15, -0.1) is 5.06 Å². The molecule has 0 bridgehead atoms.